The summed E-state index contributed by atoms with van der Waals surface area (Å²) < 4.78 is 31.0. The van der Waals surface area contributed by atoms with Gasteiger partial charge in [-0.1, -0.05) is 30.3 Å². The maximum absolute atomic E-state index is 12.9. The van der Waals surface area contributed by atoms with E-state index in [9.17, 15) is 13.6 Å². The number of carbonyl (C=O) groups excluding carboxylic acids is 1. The van der Waals surface area contributed by atoms with Crippen molar-refractivity contribution >= 4 is 5.97 Å². The van der Waals surface area contributed by atoms with Crippen LogP contribution in [0.4, 0.5) is 8.78 Å². The van der Waals surface area contributed by atoms with Gasteiger partial charge in [-0.05, 0) is 18.4 Å². The lowest BCUT2D eigenvalue weighted by molar-refractivity contribution is -0.154. The molecule has 0 saturated heterocycles. The Balaban J connectivity index is 1.79. The summed E-state index contributed by atoms with van der Waals surface area (Å²) in [6.45, 7) is 0.215. The number of benzene rings is 1. The summed E-state index contributed by atoms with van der Waals surface area (Å²) in [5, 5.41) is 0. The Hall–Kier alpha value is -1.45. The van der Waals surface area contributed by atoms with Crippen LogP contribution in [-0.4, -0.2) is 11.9 Å². The summed E-state index contributed by atoms with van der Waals surface area (Å²) in [7, 11) is 0. The lowest BCUT2D eigenvalue weighted by Gasteiger charge is -2.26. The molecule has 0 amide bonds. The molecule has 2 nitrogen and oxygen atoms in total. The zero-order valence-corrected chi connectivity index (χ0v) is 10.1. The number of hydrogen-bond acceptors (Lipinski definition) is 2. The topological polar surface area (TPSA) is 26.3 Å². The minimum Gasteiger partial charge on any atom is -0.461 e. The van der Waals surface area contributed by atoms with E-state index in [4.69, 9.17) is 4.74 Å². The van der Waals surface area contributed by atoms with Crippen LogP contribution in [0.15, 0.2) is 30.3 Å². The minimum absolute atomic E-state index is 0.210. The van der Waals surface area contributed by atoms with E-state index in [0.29, 0.717) is 0 Å². The Morgan fingerprint density at radius 3 is 2.44 bits per heavy atom. The minimum atomic E-state index is -2.60. The Labute approximate surface area is 105 Å². The third-order valence-electron chi connectivity index (χ3n) is 3.27. The van der Waals surface area contributed by atoms with Crippen LogP contribution in [0.2, 0.25) is 0 Å². The van der Waals surface area contributed by atoms with Gasteiger partial charge in [-0.3, -0.25) is 4.79 Å². The Morgan fingerprint density at radius 2 is 1.83 bits per heavy atom. The molecule has 98 valence electrons. The quantitative estimate of drug-likeness (QED) is 0.771. The molecule has 2 rings (SSSR count). The molecule has 0 bridgehead atoms. The van der Waals surface area contributed by atoms with Gasteiger partial charge in [0.25, 0.3) is 0 Å². The monoisotopic (exact) mass is 254 g/mol. The first-order valence-electron chi connectivity index (χ1n) is 6.15. The number of rotatable bonds is 3. The van der Waals surface area contributed by atoms with Crippen molar-refractivity contribution in [3.05, 3.63) is 35.9 Å². The normalized spacial score (nSPS) is 19.4. The van der Waals surface area contributed by atoms with Crippen LogP contribution < -0.4 is 0 Å². The van der Waals surface area contributed by atoms with Gasteiger partial charge in [-0.25, -0.2) is 8.78 Å². The molecule has 1 aliphatic carbocycles. The number of alkyl halides is 2. The van der Waals surface area contributed by atoms with Crippen molar-refractivity contribution in [2.75, 3.05) is 0 Å². The van der Waals surface area contributed by atoms with Gasteiger partial charge in [0, 0.05) is 12.8 Å². The first kappa shape index (κ1) is 13.0. The van der Waals surface area contributed by atoms with Gasteiger partial charge in [-0.15, -0.1) is 0 Å². The van der Waals surface area contributed by atoms with Crippen LogP contribution in [0.25, 0.3) is 0 Å². The third kappa shape index (κ3) is 3.52. The molecule has 18 heavy (non-hydrogen) atoms. The second kappa shape index (κ2) is 5.46. The summed E-state index contributed by atoms with van der Waals surface area (Å²) in [4.78, 5) is 11.7. The Morgan fingerprint density at radius 1 is 1.22 bits per heavy atom. The summed E-state index contributed by atoms with van der Waals surface area (Å²) in [6.07, 6.45) is 0.0253. The van der Waals surface area contributed by atoms with Crippen LogP contribution >= 0.6 is 0 Å². The van der Waals surface area contributed by atoms with E-state index < -0.39 is 5.92 Å². The highest BCUT2D eigenvalue weighted by Crippen LogP contribution is 2.36. The molecule has 0 radical (unpaired) electrons. The second-order valence-corrected chi connectivity index (χ2v) is 4.72. The molecule has 0 heterocycles. The van der Waals surface area contributed by atoms with Gasteiger partial charge in [0.15, 0.2) is 0 Å². The molecule has 4 heteroatoms. The van der Waals surface area contributed by atoms with Crippen molar-refractivity contribution in [1.82, 2.24) is 0 Å². The van der Waals surface area contributed by atoms with Crippen LogP contribution in [0.3, 0.4) is 0 Å². The second-order valence-electron chi connectivity index (χ2n) is 4.72. The number of halogens is 2. The van der Waals surface area contributed by atoms with Crippen LogP contribution in [0.5, 0.6) is 0 Å². The molecule has 1 aromatic carbocycles. The maximum Gasteiger partial charge on any atom is 0.309 e. The van der Waals surface area contributed by atoms with Gasteiger partial charge in [0.1, 0.15) is 6.61 Å². The van der Waals surface area contributed by atoms with Crippen molar-refractivity contribution in [2.45, 2.75) is 38.2 Å². The lowest BCUT2D eigenvalue weighted by atomic mass is 9.87. The van der Waals surface area contributed by atoms with E-state index in [1.54, 1.807) is 0 Å². The number of ether oxygens (including phenoxy) is 1. The van der Waals surface area contributed by atoms with E-state index in [1.807, 2.05) is 30.3 Å². The fourth-order valence-electron chi connectivity index (χ4n) is 2.12. The van der Waals surface area contributed by atoms with Gasteiger partial charge in [0.2, 0.25) is 5.92 Å². The molecule has 0 atom stereocenters. The van der Waals surface area contributed by atoms with E-state index in [0.717, 1.165) is 5.56 Å². The lowest BCUT2D eigenvalue weighted by Crippen LogP contribution is -2.29. The molecule has 0 aromatic heterocycles. The van der Waals surface area contributed by atoms with Crippen molar-refractivity contribution in [1.29, 1.82) is 0 Å². The molecule has 1 aromatic rings. The van der Waals surface area contributed by atoms with Crippen molar-refractivity contribution in [3.63, 3.8) is 0 Å². The molecular weight excluding hydrogens is 238 g/mol. The number of esters is 1. The van der Waals surface area contributed by atoms with Crippen molar-refractivity contribution in [2.24, 2.45) is 5.92 Å². The molecule has 1 fully saturated rings. The fraction of sp³-hybridized carbons (Fsp3) is 0.500. The maximum atomic E-state index is 12.9. The zero-order valence-electron chi connectivity index (χ0n) is 10.1. The van der Waals surface area contributed by atoms with E-state index in [1.165, 1.54) is 0 Å². The Bertz CT molecular complexity index is 394. The standard InChI is InChI=1S/C14H16F2O2/c15-14(16)8-6-12(7-9-14)13(17)18-10-11-4-2-1-3-5-11/h1-5,12H,6-10H2. The molecule has 0 aliphatic heterocycles. The molecule has 1 saturated carbocycles. The third-order valence-corrected chi connectivity index (χ3v) is 3.27. The summed E-state index contributed by atoms with van der Waals surface area (Å²) in [5.74, 6) is -3.32. The number of hydrogen-bond donors (Lipinski definition) is 0. The smallest absolute Gasteiger partial charge is 0.309 e. The predicted molar refractivity (Wildman–Crippen MR) is 63.1 cm³/mol. The largest absolute Gasteiger partial charge is 0.461 e. The summed E-state index contributed by atoms with van der Waals surface area (Å²) in [5.41, 5.74) is 0.909. The highest BCUT2D eigenvalue weighted by molar-refractivity contribution is 5.72. The van der Waals surface area contributed by atoms with Crippen molar-refractivity contribution in [3.8, 4) is 0 Å². The van der Waals surface area contributed by atoms with E-state index in [-0.39, 0.29) is 44.2 Å². The van der Waals surface area contributed by atoms with Gasteiger partial charge in [-0.2, -0.15) is 0 Å². The molecule has 0 unspecified atom stereocenters. The molecule has 1 aliphatic rings. The van der Waals surface area contributed by atoms with Crippen LogP contribution in [-0.2, 0) is 16.1 Å². The van der Waals surface area contributed by atoms with Crippen LogP contribution in [0.1, 0.15) is 31.2 Å². The van der Waals surface area contributed by atoms with Gasteiger partial charge >= 0.3 is 5.97 Å². The van der Waals surface area contributed by atoms with E-state index in [2.05, 4.69) is 0 Å². The Kier molecular flexibility index (Phi) is 3.94. The fourth-order valence-corrected chi connectivity index (χ4v) is 2.12. The van der Waals surface area contributed by atoms with Gasteiger partial charge in [0.05, 0.1) is 5.92 Å². The summed E-state index contributed by atoms with van der Waals surface area (Å²) in [6, 6.07) is 9.34. The average Bonchev–Trinajstić information content (AvgIpc) is 2.37. The highest BCUT2D eigenvalue weighted by Gasteiger charge is 2.37. The molecule has 0 N–H and O–H groups in total. The van der Waals surface area contributed by atoms with Crippen molar-refractivity contribution < 1.29 is 18.3 Å². The SMILES string of the molecule is O=C(OCc1ccccc1)C1CCC(F)(F)CC1. The first-order valence-corrected chi connectivity index (χ1v) is 6.15. The molecule has 0 spiro atoms. The highest BCUT2D eigenvalue weighted by atomic mass is 19.3. The average molecular weight is 254 g/mol. The van der Waals surface area contributed by atoms with Gasteiger partial charge < -0.3 is 4.74 Å². The predicted octanol–water partition coefficient (Wildman–Crippen LogP) is 3.56. The number of carbonyl (C=O) groups is 1. The first-order chi connectivity index (χ1) is 8.57. The van der Waals surface area contributed by atoms with E-state index >= 15 is 0 Å². The summed E-state index contributed by atoms with van der Waals surface area (Å²) >= 11 is 0. The van der Waals surface area contributed by atoms with Crippen LogP contribution in [0, 0.1) is 5.92 Å². The zero-order chi connectivity index (χ0) is 13.0. The molecular formula is C14H16F2O2.